The van der Waals surface area contributed by atoms with E-state index in [4.69, 9.17) is 15.4 Å². The molecular weight excluding hydrogens is 249 g/mol. The van der Waals surface area contributed by atoms with Crippen LogP contribution in [0.25, 0.3) is 11.4 Å². The first-order valence-electron chi connectivity index (χ1n) is 6.15. The van der Waals surface area contributed by atoms with E-state index in [2.05, 4.69) is 10.1 Å². The third-order valence-electron chi connectivity index (χ3n) is 3.05. The standard InChI is InChI=1S/C13H16FN3O2/c1-2-8(7-15)5-12-16-13(17-19-12)9-3-4-11(18)10(14)6-9/h3-4,6,8,18H,2,5,7,15H2,1H3. The Morgan fingerprint density at radius 1 is 1.47 bits per heavy atom. The van der Waals surface area contributed by atoms with Crippen LogP contribution in [0.2, 0.25) is 0 Å². The Morgan fingerprint density at radius 2 is 2.26 bits per heavy atom. The first-order chi connectivity index (χ1) is 9.13. The molecule has 0 amide bonds. The summed E-state index contributed by atoms with van der Waals surface area (Å²) in [6.45, 7) is 2.60. The van der Waals surface area contributed by atoms with Gasteiger partial charge in [0, 0.05) is 12.0 Å². The lowest BCUT2D eigenvalue weighted by Gasteiger charge is -2.07. The number of benzene rings is 1. The third kappa shape index (κ3) is 3.08. The molecule has 0 spiro atoms. The van der Waals surface area contributed by atoms with E-state index in [0.29, 0.717) is 36.2 Å². The summed E-state index contributed by atoms with van der Waals surface area (Å²) in [5.74, 6) is -0.0229. The summed E-state index contributed by atoms with van der Waals surface area (Å²) in [5.41, 5.74) is 6.08. The number of aromatic hydroxyl groups is 1. The van der Waals surface area contributed by atoms with Crippen molar-refractivity contribution in [1.29, 1.82) is 0 Å². The molecule has 3 N–H and O–H groups in total. The molecule has 1 aromatic heterocycles. The molecule has 0 bridgehead atoms. The highest BCUT2D eigenvalue weighted by Crippen LogP contribution is 2.23. The van der Waals surface area contributed by atoms with Gasteiger partial charge in [-0.05, 0) is 30.7 Å². The normalized spacial score (nSPS) is 12.6. The molecule has 0 radical (unpaired) electrons. The number of rotatable bonds is 5. The van der Waals surface area contributed by atoms with Crippen molar-refractivity contribution in [3.05, 3.63) is 29.9 Å². The van der Waals surface area contributed by atoms with Gasteiger partial charge >= 0.3 is 0 Å². The fraction of sp³-hybridized carbons (Fsp3) is 0.385. The zero-order chi connectivity index (χ0) is 13.8. The largest absolute Gasteiger partial charge is 0.505 e. The minimum Gasteiger partial charge on any atom is -0.505 e. The smallest absolute Gasteiger partial charge is 0.227 e. The zero-order valence-corrected chi connectivity index (χ0v) is 10.6. The van der Waals surface area contributed by atoms with E-state index in [0.717, 1.165) is 6.42 Å². The van der Waals surface area contributed by atoms with E-state index >= 15 is 0 Å². The second-order valence-electron chi connectivity index (χ2n) is 4.39. The van der Waals surface area contributed by atoms with Gasteiger partial charge in [0.2, 0.25) is 11.7 Å². The number of phenols is 1. The molecule has 1 aromatic carbocycles. The molecule has 2 aromatic rings. The summed E-state index contributed by atoms with van der Waals surface area (Å²) in [4.78, 5) is 4.21. The number of aromatic nitrogens is 2. The predicted octanol–water partition coefficient (Wildman–Crippen LogP) is 2.11. The van der Waals surface area contributed by atoms with E-state index < -0.39 is 11.6 Å². The summed E-state index contributed by atoms with van der Waals surface area (Å²) < 4.78 is 18.4. The highest BCUT2D eigenvalue weighted by Gasteiger charge is 2.14. The molecule has 5 nitrogen and oxygen atoms in total. The van der Waals surface area contributed by atoms with Crippen LogP contribution in [0.1, 0.15) is 19.2 Å². The Labute approximate surface area is 110 Å². The minimum absolute atomic E-state index is 0.296. The topological polar surface area (TPSA) is 85.2 Å². The van der Waals surface area contributed by atoms with Gasteiger partial charge in [-0.3, -0.25) is 0 Å². The molecule has 0 saturated heterocycles. The van der Waals surface area contributed by atoms with Crippen LogP contribution in [-0.2, 0) is 6.42 Å². The predicted molar refractivity (Wildman–Crippen MR) is 67.9 cm³/mol. The summed E-state index contributed by atoms with van der Waals surface area (Å²) in [6, 6.07) is 3.97. The average Bonchev–Trinajstić information content (AvgIpc) is 2.87. The lowest BCUT2D eigenvalue weighted by atomic mass is 10.0. The monoisotopic (exact) mass is 265 g/mol. The van der Waals surface area contributed by atoms with E-state index in [9.17, 15) is 4.39 Å². The zero-order valence-electron chi connectivity index (χ0n) is 10.6. The van der Waals surface area contributed by atoms with Crippen molar-refractivity contribution in [2.45, 2.75) is 19.8 Å². The van der Waals surface area contributed by atoms with Gasteiger partial charge in [0.15, 0.2) is 11.6 Å². The summed E-state index contributed by atoms with van der Waals surface area (Å²) >= 11 is 0. The van der Waals surface area contributed by atoms with Crippen molar-refractivity contribution in [3.8, 4) is 17.1 Å². The van der Waals surface area contributed by atoms with Gasteiger partial charge in [0.25, 0.3) is 0 Å². The van der Waals surface area contributed by atoms with Crippen LogP contribution >= 0.6 is 0 Å². The molecular formula is C13H16FN3O2. The van der Waals surface area contributed by atoms with Gasteiger partial charge < -0.3 is 15.4 Å². The van der Waals surface area contributed by atoms with Gasteiger partial charge in [0.05, 0.1) is 0 Å². The Bertz CT molecular complexity index is 553. The summed E-state index contributed by atoms with van der Waals surface area (Å²) in [7, 11) is 0. The number of phenolic OH excluding ortho intramolecular Hbond substituents is 1. The van der Waals surface area contributed by atoms with Crippen LogP contribution in [0.15, 0.2) is 22.7 Å². The van der Waals surface area contributed by atoms with Crippen LogP contribution in [0.4, 0.5) is 4.39 Å². The van der Waals surface area contributed by atoms with Gasteiger partial charge in [-0.15, -0.1) is 0 Å². The lowest BCUT2D eigenvalue weighted by molar-refractivity contribution is 0.350. The van der Waals surface area contributed by atoms with Crippen molar-refractivity contribution >= 4 is 0 Å². The Kier molecular flexibility index (Phi) is 4.11. The lowest BCUT2D eigenvalue weighted by Crippen LogP contribution is -2.15. The maximum atomic E-state index is 13.2. The van der Waals surface area contributed by atoms with Gasteiger partial charge in [-0.2, -0.15) is 4.98 Å². The number of nitrogens with two attached hydrogens (primary N) is 1. The van der Waals surface area contributed by atoms with E-state index in [1.165, 1.54) is 18.2 Å². The highest BCUT2D eigenvalue weighted by molar-refractivity contribution is 5.55. The molecule has 19 heavy (non-hydrogen) atoms. The fourth-order valence-corrected chi connectivity index (χ4v) is 1.74. The molecule has 1 unspecified atom stereocenters. The first-order valence-corrected chi connectivity index (χ1v) is 6.15. The molecule has 0 saturated carbocycles. The molecule has 0 aliphatic heterocycles. The molecule has 1 heterocycles. The summed E-state index contributed by atoms with van der Waals surface area (Å²) in [6.07, 6.45) is 1.54. The fourth-order valence-electron chi connectivity index (χ4n) is 1.74. The second-order valence-corrected chi connectivity index (χ2v) is 4.39. The Balaban J connectivity index is 2.18. The minimum atomic E-state index is -0.711. The molecule has 0 fully saturated rings. The Hall–Kier alpha value is -1.95. The summed E-state index contributed by atoms with van der Waals surface area (Å²) in [5, 5.41) is 12.9. The van der Waals surface area contributed by atoms with Crippen molar-refractivity contribution in [3.63, 3.8) is 0 Å². The van der Waals surface area contributed by atoms with Gasteiger partial charge in [-0.25, -0.2) is 4.39 Å². The number of hydrogen-bond donors (Lipinski definition) is 2. The van der Waals surface area contributed by atoms with Crippen LogP contribution in [0.5, 0.6) is 5.75 Å². The molecule has 1 atom stereocenters. The molecule has 2 rings (SSSR count). The van der Waals surface area contributed by atoms with Crippen LogP contribution in [-0.4, -0.2) is 21.8 Å². The SMILES string of the molecule is CCC(CN)Cc1nc(-c2ccc(O)c(F)c2)no1. The van der Waals surface area contributed by atoms with Crippen molar-refractivity contribution in [1.82, 2.24) is 10.1 Å². The number of halogens is 1. The average molecular weight is 265 g/mol. The second kappa shape index (κ2) is 5.79. The van der Waals surface area contributed by atoms with E-state index in [1.807, 2.05) is 6.92 Å². The van der Waals surface area contributed by atoms with Gasteiger partial charge in [0.1, 0.15) is 0 Å². The van der Waals surface area contributed by atoms with Gasteiger partial charge in [-0.1, -0.05) is 18.5 Å². The van der Waals surface area contributed by atoms with Crippen LogP contribution in [0, 0.1) is 11.7 Å². The quantitative estimate of drug-likeness (QED) is 0.864. The van der Waals surface area contributed by atoms with Crippen molar-refractivity contribution in [2.75, 3.05) is 6.54 Å². The first kappa shape index (κ1) is 13.5. The van der Waals surface area contributed by atoms with Crippen LogP contribution < -0.4 is 5.73 Å². The number of hydrogen-bond acceptors (Lipinski definition) is 5. The number of nitrogens with zero attached hydrogens (tertiary/aromatic N) is 2. The molecule has 102 valence electrons. The molecule has 0 aliphatic carbocycles. The third-order valence-corrected chi connectivity index (χ3v) is 3.05. The van der Waals surface area contributed by atoms with Crippen molar-refractivity contribution < 1.29 is 14.0 Å². The van der Waals surface area contributed by atoms with Crippen molar-refractivity contribution in [2.24, 2.45) is 11.7 Å². The maximum absolute atomic E-state index is 13.2. The van der Waals surface area contributed by atoms with E-state index in [-0.39, 0.29) is 0 Å². The maximum Gasteiger partial charge on any atom is 0.227 e. The molecule has 0 aliphatic rings. The molecule has 6 heteroatoms. The highest BCUT2D eigenvalue weighted by atomic mass is 19.1. The van der Waals surface area contributed by atoms with Crippen LogP contribution in [0.3, 0.4) is 0 Å². The Morgan fingerprint density at radius 3 is 2.89 bits per heavy atom. The van der Waals surface area contributed by atoms with E-state index in [1.54, 1.807) is 0 Å².